The summed E-state index contributed by atoms with van der Waals surface area (Å²) in [5.74, 6) is 0.221. The molecule has 0 fully saturated rings. The molecule has 27 heavy (non-hydrogen) atoms. The van der Waals surface area contributed by atoms with Gasteiger partial charge >= 0.3 is 5.97 Å². The highest BCUT2D eigenvalue weighted by atomic mass is 32.1. The third-order valence-electron chi connectivity index (χ3n) is 3.57. The SMILES string of the molecule is COc1ccc(OC)c(C(=O)COC(=O)Cn2nnc(-c3ccsc3)n2)c1. The summed E-state index contributed by atoms with van der Waals surface area (Å²) in [5.41, 5.74) is 1.09. The van der Waals surface area contributed by atoms with Crippen molar-refractivity contribution >= 4 is 23.1 Å². The average Bonchev–Trinajstić information content (AvgIpc) is 3.37. The number of hydrogen-bond acceptors (Lipinski definition) is 9. The number of methoxy groups -OCH3 is 2. The predicted octanol–water partition coefficient (Wildman–Crippen LogP) is 1.84. The van der Waals surface area contributed by atoms with E-state index in [1.807, 2.05) is 16.8 Å². The van der Waals surface area contributed by atoms with E-state index in [9.17, 15) is 9.59 Å². The lowest BCUT2D eigenvalue weighted by atomic mass is 10.1. The summed E-state index contributed by atoms with van der Waals surface area (Å²) < 4.78 is 15.3. The molecule has 1 aromatic carbocycles. The standard InChI is InChI=1S/C17H16N4O5S/c1-24-12-3-4-15(25-2)13(7-12)14(22)9-26-16(23)8-21-19-17(18-20-21)11-5-6-27-10-11/h3-7,10H,8-9H2,1-2H3. The van der Waals surface area contributed by atoms with Gasteiger partial charge in [-0.15, -0.1) is 10.2 Å². The van der Waals surface area contributed by atoms with Crippen molar-refractivity contribution in [2.24, 2.45) is 0 Å². The number of ketones is 1. The zero-order valence-electron chi connectivity index (χ0n) is 14.6. The number of ether oxygens (including phenoxy) is 3. The first-order valence-electron chi connectivity index (χ1n) is 7.82. The molecule has 0 bridgehead atoms. The molecule has 0 saturated heterocycles. The fourth-order valence-electron chi connectivity index (χ4n) is 2.23. The molecule has 3 rings (SSSR count). The van der Waals surface area contributed by atoms with Gasteiger partial charge in [-0.3, -0.25) is 4.79 Å². The molecule has 0 spiro atoms. The molecule has 0 amide bonds. The first-order valence-corrected chi connectivity index (χ1v) is 8.76. The van der Waals surface area contributed by atoms with Crippen molar-refractivity contribution in [3.05, 3.63) is 40.6 Å². The number of rotatable bonds is 8. The van der Waals surface area contributed by atoms with Crippen LogP contribution >= 0.6 is 11.3 Å². The van der Waals surface area contributed by atoms with Gasteiger partial charge in [0.25, 0.3) is 0 Å². The van der Waals surface area contributed by atoms with Gasteiger partial charge in [0.2, 0.25) is 11.6 Å². The van der Waals surface area contributed by atoms with Crippen LogP contribution in [0, 0.1) is 0 Å². The van der Waals surface area contributed by atoms with E-state index in [1.54, 1.807) is 12.1 Å². The number of nitrogens with zero attached hydrogens (tertiary/aromatic N) is 4. The summed E-state index contributed by atoms with van der Waals surface area (Å²) in [7, 11) is 2.94. The van der Waals surface area contributed by atoms with Gasteiger partial charge in [-0.1, -0.05) is 0 Å². The summed E-state index contributed by atoms with van der Waals surface area (Å²) in [5, 5.41) is 15.6. The molecule has 3 aromatic rings. The number of esters is 1. The number of Topliss-reactive ketones (excluding diaryl/α,β-unsaturated/α-hetero) is 1. The minimum atomic E-state index is -0.653. The summed E-state index contributed by atoms with van der Waals surface area (Å²) in [6.45, 7) is -0.686. The second kappa shape index (κ2) is 8.41. The van der Waals surface area contributed by atoms with Crippen LogP contribution in [0.5, 0.6) is 11.5 Å². The Morgan fingerprint density at radius 1 is 1.19 bits per heavy atom. The molecule has 0 N–H and O–H groups in total. The third kappa shape index (κ3) is 4.47. The monoisotopic (exact) mass is 388 g/mol. The average molecular weight is 388 g/mol. The van der Waals surface area contributed by atoms with Crippen molar-refractivity contribution in [1.82, 2.24) is 20.2 Å². The summed E-state index contributed by atoms with van der Waals surface area (Å²) >= 11 is 1.51. The summed E-state index contributed by atoms with van der Waals surface area (Å²) in [6, 6.07) is 6.66. The first-order chi connectivity index (χ1) is 13.1. The van der Waals surface area contributed by atoms with Crippen molar-refractivity contribution in [1.29, 1.82) is 0 Å². The van der Waals surface area contributed by atoms with Crippen LogP contribution in [0.3, 0.4) is 0 Å². The quantitative estimate of drug-likeness (QED) is 0.425. The molecule has 2 heterocycles. The zero-order chi connectivity index (χ0) is 19.2. The van der Waals surface area contributed by atoms with Crippen molar-refractivity contribution in [2.75, 3.05) is 20.8 Å². The number of aromatic nitrogens is 4. The molecule has 0 aliphatic heterocycles. The molecular weight excluding hydrogens is 372 g/mol. The van der Waals surface area contributed by atoms with Crippen LogP contribution in [0.15, 0.2) is 35.0 Å². The van der Waals surface area contributed by atoms with Crippen LogP contribution < -0.4 is 9.47 Å². The van der Waals surface area contributed by atoms with E-state index in [1.165, 1.54) is 31.6 Å². The molecular formula is C17H16N4O5S. The molecule has 0 radical (unpaired) electrons. The lowest BCUT2D eigenvalue weighted by molar-refractivity contribution is -0.143. The van der Waals surface area contributed by atoms with E-state index in [0.29, 0.717) is 17.3 Å². The minimum Gasteiger partial charge on any atom is -0.497 e. The van der Waals surface area contributed by atoms with Crippen molar-refractivity contribution in [3.63, 3.8) is 0 Å². The Morgan fingerprint density at radius 2 is 2.04 bits per heavy atom. The second-order valence-corrected chi connectivity index (χ2v) is 6.09. The topological polar surface area (TPSA) is 105 Å². The van der Waals surface area contributed by atoms with E-state index in [4.69, 9.17) is 14.2 Å². The molecule has 0 aliphatic carbocycles. The fourth-order valence-corrected chi connectivity index (χ4v) is 2.87. The summed E-state index contributed by atoms with van der Waals surface area (Å²) in [4.78, 5) is 25.4. The number of tetrazole rings is 1. The van der Waals surface area contributed by atoms with E-state index in [0.717, 1.165) is 10.4 Å². The van der Waals surface area contributed by atoms with Crippen LogP contribution in [0.1, 0.15) is 10.4 Å². The van der Waals surface area contributed by atoms with Crippen LogP contribution in [0.2, 0.25) is 0 Å². The minimum absolute atomic E-state index is 0.250. The maximum absolute atomic E-state index is 12.3. The number of carbonyl (C=O) groups is 2. The van der Waals surface area contributed by atoms with E-state index >= 15 is 0 Å². The largest absolute Gasteiger partial charge is 0.497 e. The molecule has 0 atom stereocenters. The van der Waals surface area contributed by atoms with Gasteiger partial charge in [0.1, 0.15) is 11.5 Å². The molecule has 0 unspecified atom stereocenters. The Morgan fingerprint density at radius 3 is 2.74 bits per heavy atom. The lowest BCUT2D eigenvalue weighted by Crippen LogP contribution is -2.20. The maximum atomic E-state index is 12.3. The van der Waals surface area contributed by atoms with Crippen molar-refractivity contribution in [2.45, 2.75) is 6.54 Å². The lowest BCUT2D eigenvalue weighted by Gasteiger charge is -2.10. The Balaban J connectivity index is 1.58. The highest BCUT2D eigenvalue weighted by Gasteiger charge is 2.17. The number of benzene rings is 1. The highest BCUT2D eigenvalue weighted by Crippen LogP contribution is 2.24. The van der Waals surface area contributed by atoms with Crippen LogP contribution in [0.25, 0.3) is 11.4 Å². The van der Waals surface area contributed by atoms with Gasteiger partial charge in [-0.05, 0) is 34.9 Å². The number of thiophene rings is 1. The smallest absolute Gasteiger partial charge is 0.330 e. The van der Waals surface area contributed by atoms with Gasteiger partial charge in [0.15, 0.2) is 13.2 Å². The third-order valence-corrected chi connectivity index (χ3v) is 4.26. The molecule has 9 nitrogen and oxygen atoms in total. The normalized spacial score (nSPS) is 10.4. The molecule has 2 aromatic heterocycles. The molecule has 0 saturated carbocycles. The van der Waals surface area contributed by atoms with E-state index in [-0.39, 0.29) is 12.1 Å². The Hall–Kier alpha value is -3.27. The maximum Gasteiger partial charge on any atom is 0.330 e. The predicted molar refractivity (Wildman–Crippen MR) is 96.0 cm³/mol. The number of hydrogen-bond donors (Lipinski definition) is 0. The van der Waals surface area contributed by atoms with Crippen molar-refractivity contribution in [3.8, 4) is 22.9 Å². The van der Waals surface area contributed by atoms with Crippen LogP contribution in [-0.2, 0) is 16.1 Å². The molecule has 0 aliphatic rings. The fraction of sp³-hybridized carbons (Fsp3) is 0.235. The Labute approximate surface area is 158 Å². The second-order valence-electron chi connectivity index (χ2n) is 5.31. The van der Waals surface area contributed by atoms with Crippen LogP contribution in [0.4, 0.5) is 0 Å². The van der Waals surface area contributed by atoms with Gasteiger partial charge in [0.05, 0.1) is 19.8 Å². The Kier molecular flexibility index (Phi) is 5.77. The van der Waals surface area contributed by atoms with Crippen LogP contribution in [-0.4, -0.2) is 52.8 Å². The molecule has 140 valence electrons. The van der Waals surface area contributed by atoms with Gasteiger partial charge in [-0.2, -0.15) is 16.1 Å². The van der Waals surface area contributed by atoms with E-state index in [2.05, 4.69) is 15.4 Å². The number of carbonyl (C=O) groups excluding carboxylic acids is 2. The van der Waals surface area contributed by atoms with Crippen molar-refractivity contribution < 1.29 is 23.8 Å². The first kappa shape index (κ1) is 18.5. The highest BCUT2D eigenvalue weighted by molar-refractivity contribution is 7.08. The van der Waals surface area contributed by atoms with Gasteiger partial charge in [0, 0.05) is 10.9 Å². The summed E-state index contributed by atoms with van der Waals surface area (Å²) in [6.07, 6.45) is 0. The van der Waals surface area contributed by atoms with Gasteiger partial charge < -0.3 is 14.2 Å². The zero-order valence-corrected chi connectivity index (χ0v) is 15.4. The molecule has 10 heteroatoms. The van der Waals surface area contributed by atoms with E-state index < -0.39 is 18.4 Å². The Bertz CT molecular complexity index is 939. The van der Waals surface area contributed by atoms with Gasteiger partial charge in [-0.25, -0.2) is 4.79 Å².